The quantitative estimate of drug-likeness (QED) is 0.611. The Kier molecular flexibility index (Phi) is 5.12. The largest absolute Gasteiger partial charge is 0.466 e. The van der Waals surface area contributed by atoms with Crippen LogP contribution in [-0.4, -0.2) is 19.6 Å². The Bertz CT molecular complexity index is 357. The minimum absolute atomic E-state index is 0.252. The summed E-state index contributed by atoms with van der Waals surface area (Å²) in [4.78, 5) is 11.3. The Morgan fingerprint density at radius 1 is 1.38 bits per heavy atom. The van der Waals surface area contributed by atoms with Gasteiger partial charge in [0.1, 0.15) is 0 Å². The topological polar surface area (TPSA) is 38.3 Å². The molecule has 1 aromatic rings. The fraction of sp³-hybridized carbons (Fsp3) is 0.308. The van der Waals surface area contributed by atoms with Gasteiger partial charge in [-0.2, -0.15) is 0 Å². The molecule has 0 atom stereocenters. The third kappa shape index (κ3) is 3.77. The molecular weight excluding hydrogens is 202 g/mol. The summed E-state index contributed by atoms with van der Waals surface area (Å²) >= 11 is 0. The number of methoxy groups -OCH3 is 1. The van der Waals surface area contributed by atoms with Gasteiger partial charge in [0, 0.05) is 17.8 Å². The monoisotopic (exact) mass is 219 g/mol. The molecule has 0 spiro atoms. The molecule has 16 heavy (non-hydrogen) atoms. The summed E-state index contributed by atoms with van der Waals surface area (Å²) in [6, 6.07) is 9.86. The van der Waals surface area contributed by atoms with Gasteiger partial charge in [0.05, 0.1) is 7.11 Å². The molecule has 0 aliphatic carbocycles. The summed E-state index contributed by atoms with van der Waals surface area (Å²) in [5, 5.41) is 3.20. The summed E-state index contributed by atoms with van der Waals surface area (Å²) in [7, 11) is 1.40. The highest BCUT2D eigenvalue weighted by Crippen LogP contribution is 2.06. The van der Waals surface area contributed by atoms with Gasteiger partial charge in [0.15, 0.2) is 0 Å². The van der Waals surface area contributed by atoms with E-state index in [0.717, 1.165) is 5.69 Å². The Hall–Kier alpha value is -1.77. The van der Waals surface area contributed by atoms with Crippen LogP contribution in [0, 0.1) is 0 Å². The molecule has 0 bridgehead atoms. The molecule has 3 heteroatoms. The zero-order valence-corrected chi connectivity index (χ0v) is 9.69. The zero-order chi connectivity index (χ0) is 11.8. The van der Waals surface area contributed by atoms with E-state index in [1.54, 1.807) is 0 Å². The summed E-state index contributed by atoms with van der Waals surface area (Å²) < 4.78 is 4.67. The first-order valence-electron chi connectivity index (χ1n) is 5.34. The molecule has 0 amide bonds. The van der Waals surface area contributed by atoms with Gasteiger partial charge >= 0.3 is 5.97 Å². The second-order valence-corrected chi connectivity index (χ2v) is 3.32. The second kappa shape index (κ2) is 6.67. The molecule has 0 saturated carbocycles. The van der Waals surface area contributed by atoms with Crippen molar-refractivity contribution in [2.24, 2.45) is 0 Å². The zero-order valence-electron chi connectivity index (χ0n) is 9.69. The second-order valence-electron chi connectivity index (χ2n) is 3.32. The van der Waals surface area contributed by atoms with Gasteiger partial charge in [0.2, 0.25) is 0 Å². The van der Waals surface area contributed by atoms with Crippen molar-refractivity contribution in [1.29, 1.82) is 0 Å². The molecule has 0 aliphatic rings. The number of esters is 1. The predicted octanol–water partition coefficient (Wildman–Crippen LogP) is 2.61. The lowest BCUT2D eigenvalue weighted by molar-refractivity contribution is -0.136. The molecule has 0 radical (unpaired) electrons. The highest BCUT2D eigenvalue weighted by molar-refractivity contribution is 5.88. The Labute approximate surface area is 96.1 Å². The van der Waals surface area contributed by atoms with Crippen molar-refractivity contribution in [2.45, 2.75) is 13.3 Å². The van der Waals surface area contributed by atoms with E-state index in [2.05, 4.69) is 10.1 Å². The van der Waals surface area contributed by atoms with E-state index < -0.39 is 0 Å². The predicted molar refractivity (Wildman–Crippen MR) is 65.3 cm³/mol. The number of hydrogen-bond donors (Lipinski definition) is 1. The fourth-order valence-electron chi connectivity index (χ4n) is 1.35. The number of para-hydroxylation sites is 1. The van der Waals surface area contributed by atoms with Crippen molar-refractivity contribution < 1.29 is 9.53 Å². The Morgan fingerprint density at radius 3 is 2.62 bits per heavy atom. The number of benzene rings is 1. The van der Waals surface area contributed by atoms with Crippen LogP contribution in [0.3, 0.4) is 0 Å². The Balaban J connectivity index is 2.49. The smallest absolute Gasteiger partial charge is 0.333 e. The van der Waals surface area contributed by atoms with Crippen LogP contribution in [0.2, 0.25) is 0 Å². The first kappa shape index (κ1) is 12.3. The van der Waals surface area contributed by atoms with Gasteiger partial charge in [-0.1, -0.05) is 31.2 Å². The van der Waals surface area contributed by atoms with E-state index in [-0.39, 0.29) is 5.97 Å². The summed E-state index contributed by atoms with van der Waals surface area (Å²) in [5.74, 6) is -0.252. The lowest BCUT2D eigenvalue weighted by Crippen LogP contribution is -2.07. The Morgan fingerprint density at radius 2 is 2.06 bits per heavy atom. The average molecular weight is 219 g/mol. The van der Waals surface area contributed by atoms with Crippen molar-refractivity contribution in [3.63, 3.8) is 0 Å². The molecule has 0 aromatic heterocycles. The van der Waals surface area contributed by atoms with Gasteiger partial charge in [-0.25, -0.2) is 4.79 Å². The lowest BCUT2D eigenvalue weighted by atomic mass is 10.2. The number of carbonyl (C=O) groups excluding carboxylic acids is 1. The number of nitrogens with one attached hydrogen (secondary N) is 1. The van der Waals surface area contributed by atoms with E-state index in [0.29, 0.717) is 18.5 Å². The first-order valence-corrected chi connectivity index (χ1v) is 5.34. The van der Waals surface area contributed by atoms with Crippen molar-refractivity contribution >= 4 is 11.7 Å². The van der Waals surface area contributed by atoms with Crippen LogP contribution in [0.5, 0.6) is 0 Å². The summed E-state index contributed by atoms with van der Waals surface area (Å²) in [5.41, 5.74) is 1.74. The van der Waals surface area contributed by atoms with Gasteiger partial charge < -0.3 is 10.1 Å². The average Bonchev–Trinajstić information content (AvgIpc) is 2.35. The molecule has 86 valence electrons. The van der Waals surface area contributed by atoms with Crippen molar-refractivity contribution in [2.75, 3.05) is 19.0 Å². The maximum atomic E-state index is 11.3. The SMILES string of the molecule is CC/C(=C/CNc1ccccc1)C(=O)OC. The molecule has 1 N–H and O–H groups in total. The summed E-state index contributed by atoms with van der Waals surface area (Å²) in [6.45, 7) is 2.56. The molecule has 1 aromatic carbocycles. The molecule has 0 saturated heterocycles. The molecular formula is C13H17NO2. The van der Waals surface area contributed by atoms with Crippen LogP contribution < -0.4 is 5.32 Å². The van der Waals surface area contributed by atoms with E-state index in [9.17, 15) is 4.79 Å². The van der Waals surface area contributed by atoms with E-state index >= 15 is 0 Å². The number of carbonyl (C=O) groups is 1. The number of anilines is 1. The van der Waals surface area contributed by atoms with Crippen molar-refractivity contribution in [3.05, 3.63) is 42.0 Å². The standard InChI is InChI=1S/C13H17NO2/c1-3-11(13(15)16-2)9-10-14-12-7-5-4-6-8-12/h4-9,14H,3,10H2,1-2H3/b11-9-. The number of hydrogen-bond acceptors (Lipinski definition) is 3. The van der Waals surface area contributed by atoms with Gasteiger partial charge in [-0.05, 0) is 18.6 Å². The molecule has 0 unspecified atom stereocenters. The minimum atomic E-state index is -0.252. The number of ether oxygens (including phenoxy) is 1. The number of rotatable bonds is 5. The van der Waals surface area contributed by atoms with Crippen molar-refractivity contribution in [3.8, 4) is 0 Å². The molecule has 0 fully saturated rings. The van der Waals surface area contributed by atoms with E-state index in [1.807, 2.05) is 43.3 Å². The normalized spacial score (nSPS) is 11.0. The van der Waals surface area contributed by atoms with Gasteiger partial charge in [-0.15, -0.1) is 0 Å². The lowest BCUT2D eigenvalue weighted by Gasteiger charge is -2.05. The van der Waals surface area contributed by atoms with Gasteiger partial charge in [-0.3, -0.25) is 0 Å². The van der Waals surface area contributed by atoms with Crippen LogP contribution in [-0.2, 0) is 9.53 Å². The van der Waals surface area contributed by atoms with Gasteiger partial charge in [0.25, 0.3) is 0 Å². The fourth-order valence-corrected chi connectivity index (χ4v) is 1.35. The maximum Gasteiger partial charge on any atom is 0.333 e. The third-order valence-electron chi connectivity index (χ3n) is 2.26. The van der Waals surface area contributed by atoms with Crippen LogP contribution >= 0.6 is 0 Å². The molecule has 3 nitrogen and oxygen atoms in total. The van der Waals surface area contributed by atoms with Crippen LogP contribution in [0.25, 0.3) is 0 Å². The molecule has 0 heterocycles. The molecule has 0 aliphatic heterocycles. The van der Waals surface area contributed by atoms with Crippen molar-refractivity contribution in [1.82, 2.24) is 0 Å². The summed E-state index contributed by atoms with van der Waals surface area (Å²) in [6.07, 6.45) is 2.54. The van der Waals surface area contributed by atoms with Crippen LogP contribution in [0.1, 0.15) is 13.3 Å². The highest BCUT2D eigenvalue weighted by atomic mass is 16.5. The third-order valence-corrected chi connectivity index (χ3v) is 2.26. The van der Waals surface area contributed by atoms with E-state index in [1.165, 1.54) is 7.11 Å². The maximum absolute atomic E-state index is 11.3. The van der Waals surface area contributed by atoms with Crippen LogP contribution in [0.4, 0.5) is 5.69 Å². The first-order chi connectivity index (χ1) is 7.77. The molecule has 1 rings (SSSR count). The minimum Gasteiger partial charge on any atom is -0.466 e. The highest BCUT2D eigenvalue weighted by Gasteiger charge is 2.05. The van der Waals surface area contributed by atoms with E-state index in [4.69, 9.17) is 0 Å². The van der Waals surface area contributed by atoms with Crippen LogP contribution in [0.15, 0.2) is 42.0 Å².